The van der Waals surface area contributed by atoms with Crippen LogP contribution in [-0.2, 0) is 23.9 Å². The fourth-order valence-electron chi connectivity index (χ4n) is 4.10. The number of esters is 2. The Morgan fingerprint density at radius 3 is 2.58 bits per heavy atom. The van der Waals surface area contributed by atoms with E-state index in [4.69, 9.17) is 9.47 Å². The van der Waals surface area contributed by atoms with E-state index in [0.717, 1.165) is 18.5 Å². The van der Waals surface area contributed by atoms with Gasteiger partial charge in [0.1, 0.15) is 10.8 Å². The molecule has 0 aromatic rings. The highest BCUT2D eigenvalue weighted by Gasteiger charge is 2.66. The minimum atomic E-state index is -1.68. The lowest BCUT2D eigenvalue weighted by Crippen LogP contribution is -2.68. The summed E-state index contributed by atoms with van der Waals surface area (Å²) in [5, 5.41) is 10.0. The van der Waals surface area contributed by atoms with E-state index in [-0.39, 0.29) is 28.1 Å². The summed E-state index contributed by atoms with van der Waals surface area (Å²) in [6.45, 7) is 6.56. The Kier molecular flexibility index (Phi) is 7.83. The number of hydrogen-bond donors (Lipinski definition) is 2. The summed E-state index contributed by atoms with van der Waals surface area (Å²) < 4.78 is 11.0. The molecule has 2 unspecified atom stereocenters. The van der Waals surface area contributed by atoms with Gasteiger partial charge in [0.15, 0.2) is 14.7 Å². The second-order valence-corrected chi connectivity index (χ2v) is 13.5. The predicted octanol–water partition coefficient (Wildman–Crippen LogP) is 2.16. The SMILES string of the molecule is CCC(CC)C(=O)OCOC(=O)C1=C(S[C@H]2CC[SiH](O)C2)SC2N1C(=O)[C@]2(C)[C@@H](C)O. The van der Waals surface area contributed by atoms with Crippen molar-refractivity contribution in [3.8, 4) is 0 Å². The first kappa shape index (κ1) is 24.6. The summed E-state index contributed by atoms with van der Waals surface area (Å²) in [7, 11) is -1.68. The average Bonchev–Trinajstić information content (AvgIpc) is 3.30. The van der Waals surface area contributed by atoms with E-state index in [1.807, 2.05) is 13.8 Å². The number of carbonyl (C=O) groups excluding carboxylic acids is 3. The molecular formula is C20H31NO7S2Si. The number of ether oxygens (including phenoxy) is 2. The Morgan fingerprint density at radius 1 is 1.35 bits per heavy atom. The number of β-lactam (4-membered cyclic amide) rings is 1. The normalized spacial score (nSPS) is 31.0. The third-order valence-electron chi connectivity index (χ3n) is 6.48. The number of nitrogens with zero attached hydrogens (tertiary/aromatic N) is 1. The van der Waals surface area contributed by atoms with Crippen LogP contribution in [0, 0.1) is 11.3 Å². The van der Waals surface area contributed by atoms with Gasteiger partial charge in [-0.1, -0.05) is 25.6 Å². The Labute approximate surface area is 192 Å². The van der Waals surface area contributed by atoms with Gasteiger partial charge in [0.25, 0.3) is 0 Å². The molecule has 0 aromatic carbocycles. The molecule has 8 nitrogen and oxygen atoms in total. The highest BCUT2D eigenvalue weighted by atomic mass is 32.2. The number of aliphatic hydroxyl groups excluding tert-OH is 1. The van der Waals surface area contributed by atoms with Crippen molar-refractivity contribution in [2.75, 3.05) is 6.79 Å². The van der Waals surface area contributed by atoms with Crippen LogP contribution in [0.5, 0.6) is 0 Å². The lowest BCUT2D eigenvalue weighted by atomic mass is 9.75. The van der Waals surface area contributed by atoms with Gasteiger partial charge in [-0.25, -0.2) is 4.79 Å². The molecule has 5 atom stereocenters. The predicted molar refractivity (Wildman–Crippen MR) is 121 cm³/mol. The molecule has 3 aliphatic heterocycles. The molecule has 3 rings (SSSR count). The average molecular weight is 490 g/mol. The van der Waals surface area contributed by atoms with Crippen LogP contribution in [0.4, 0.5) is 0 Å². The summed E-state index contributed by atoms with van der Waals surface area (Å²) in [4.78, 5) is 49.2. The molecule has 0 aliphatic carbocycles. The van der Waals surface area contributed by atoms with Crippen molar-refractivity contribution in [2.45, 2.75) is 75.8 Å². The molecule has 3 heterocycles. The molecule has 1 amide bonds. The van der Waals surface area contributed by atoms with Crippen molar-refractivity contribution in [1.82, 2.24) is 4.90 Å². The third-order valence-corrected chi connectivity index (χ3v) is 12.0. The van der Waals surface area contributed by atoms with Crippen LogP contribution >= 0.6 is 23.5 Å². The van der Waals surface area contributed by atoms with Crippen molar-refractivity contribution in [3.05, 3.63) is 9.93 Å². The molecule has 0 radical (unpaired) electrons. The zero-order valence-corrected chi connectivity index (χ0v) is 21.1. The zero-order chi connectivity index (χ0) is 22.9. The van der Waals surface area contributed by atoms with Gasteiger partial charge >= 0.3 is 11.9 Å². The molecule has 0 aromatic heterocycles. The van der Waals surface area contributed by atoms with Crippen molar-refractivity contribution < 1.29 is 33.8 Å². The first-order valence-electron chi connectivity index (χ1n) is 10.8. The molecule has 174 valence electrons. The number of fused-ring (bicyclic) bond motifs is 1. The highest BCUT2D eigenvalue weighted by Crippen LogP contribution is 2.60. The molecule has 3 aliphatic rings. The Morgan fingerprint density at radius 2 is 2.03 bits per heavy atom. The minimum Gasteiger partial charge on any atom is -0.435 e. The maximum absolute atomic E-state index is 12.9. The molecule has 2 saturated heterocycles. The van der Waals surface area contributed by atoms with E-state index >= 15 is 0 Å². The summed E-state index contributed by atoms with van der Waals surface area (Å²) in [5.41, 5.74) is -0.825. The van der Waals surface area contributed by atoms with E-state index in [9.17, 15) is 24.3 Å². The fourth-order valence-corrected chi connectivity index (χ4v) is 10.4. The molecule has 0 saturated carbocycles. The van der Waals surface area contributed by atoms with Crippen LogP contribution in [0.1, 0.15) is 47.0 Å². The smallest absolute Gasteiger partial charge is 0.359 e. The van der Waals surface area contributed by atoms with E-state index in [0.29, 0.717) is 17.1 Å². The van der Waals surface area contributed by atoms with E-state index in [2.05, 4.69) is 0 Å². The Balaban J connectivity index is 1.73. The van der Waals surface area contributed by atoms with Crippen molar-refractivity contribution in [1.29, 1.82) is 0 Å². The van der Waals surface area contributed by atoms with Crippen LogP contribution < -0.4 is 0 Å². The first-order chi connectivity index (χ1) is 14.6. The summed E-state index contributed by atoms with van der Waals surface area (Å²) in [6, 6.07) is 1.61. The topological polar surface area (TPSA) is 113 Å². The molecular weight excluding hydrogens is 458 g/mol. The van der Waals surface area contributed by atoms with Crippen molar-refractivity contribution in [3.63, 3.8) is 0 Å². The van der Waals surface area contributed by atoms with Crippen LogP contribution in [0.3, 0.4) is 0 Å². The lowest BCUT2D eigenvalue weighted by molar-refractivity contribution is -0.177. The van der Waals surface area contributed by atoms with E-state index in [1.54, 1.807) is 13.8 Å². The molecule has 11 heteroatoms. The summed E-state index contributed by atoms with van der Waals surface area (Å²) >= 11 is 2.89. The first-order valence-corrected chi connectivity index (χ1v) is 14.7. The largest absolute Gasteiger partial charge is 0.435 e. The zero-order valence-electron chi connectivity index (χ0n) is 18.3. The van der Waals surface area contributed by atoms with E-state index in [1.165, 1.54) is 28.4 Å². The van der Waals surface area contributed by atoms with Gasteiger partial charge in [0.05, 0.1) is 16.3 Å². The van der Waals surface area contributed by atoms with Gasteiger partial charge in [0, 0.05) is 5.25 Å². The molecule has 2 fully saturated rings. The van der Waals surface area contributed by atoms with Crippen LogP contribution in [-0.4, -0.2) is 65.2 Å². The minimum absolute atomic E-state index is 0.157. The lowest BCUT2D eigenvalue weighted by Gasteiger charge is -2.52. The molecule has 0 bridgehead atoms. The quantitative estimate of drug-likeness (QED) is 0.218. The molecule has 31 heavy (non-hydrogen) atoms. The van der Waals surface area contributed by atoms with Crippen LogP contribution in [0.15, 0.2) is 9.93 Å². The number of hydrogen-bond acceptors (Lipinski definition) is 9. The number of carbonyl (C=O) groups is 3. The summed E-state index contributed by atoms with van der Waals surface area (Å²) in [6.07, 6.45) is 1.30. The van der Waals surface area contributed by atoms with Gasteiger partial charge in [-0.15, -0.1) is 11.8 Å². The number of rotatable bonds is 9. The van der Waals surface area contributed by atoms with Crippen LogP contribution in [0.2, 0.25) is 12.1 Å². The van der Waals surface area contributed by atoms with Crippen LogP contribution in [0.25, 0.3) is 0 Å². The second kappa shape index (κ2) is 9.86. The molecule has 0 spiro atoms. The monoisotopic (exact) mass is 489 g/mol. The second-order valence-electron chi connectivity index (χ2n) is 8.47. The number of thioether (sulfide) groups is 2. The van der Waals surface area contributed by atoms with Crippen molar-refractivity contribution in [2.24, 2.45) is 11.3 Å². The Hall–Kier alpha value is -1.01. The van der Waals surface area contributed by atoms with Gasteiger partial charge < -0.3 is 19.4 Å². The van der Waals surface area contributed by atoms with Gasteiger partial charge in [-0.3, -0.25) is 14.5 Å². The van der Waals surface area contributed by atoms with E-state index < -0.39 is 39.3 Å². The molecule has 2 N–H and O–H groups in total. The third kappa shape index (κ3) is 4.57. The number of aliphatic hydroxyl groups is 1. The van der Waals surface area contributed by atoms with Gasteiger partial charge in [-0.2, -0.15) is 0 Å². The maximum Gasteiger partial charge on any atom is 0.359 e. The standard InChI is InChI=1S/C20H31NO7S2Si/c1-5-12(6-2)15(23)27-10-28-16(24)14-17(29-13-7-8-31(26)9-13)30-19-20(4,11(3)22)18(25)21(14)19/h11-13,19,22,26,31H,5-10H2,1-4H3/t11-,13+,19?,20+,31?/m1/s1. The maximum atomic E-state index is 12.9. The highest BCUT2D eigenvalue weighted by molar-refractivity contribution is 8.23. The fraction of sp³-hybridized carbons (Fsp3) is 0.750. The number of amides is 1. The van der Waals surface area contributed by atoms with Gasteiger partial charge in [-0.05, 0) is 45.2 Å². The van der Waals surface area contributed by atoms with Gasteiger partial charge in [0.2, 0.25) is 12.7 Å². The Bertz CT molecular complexity index is 773. The van der Waals surface area contributed by atoms with Crippen molar-refractivity contribution >= 4 is 50.4 Å². The summed E-state index contributed by atoms with van der Waals surface area (Å²) in [5.74, 6) is -1.69.